The van der Waals surface area contributed by atoms with E-state index in [1.807, 2.05) is 0 Å². The molecule has 1 amide bonds. The van der Waals surface area contributed by atoms with Gasteiger partial charge in [-0.05, 0) is 12.1 Å². The van der Waals surface area contributed by atoms with Crippen LogP contribution in [0.3, 0.4) is 0 Å². The molecule has 5 nitrogen and oxygen atoms in total. The molecule has 0 bridgehead atoms. The number of ether oxygens (including phenoxy) is 1. The lowest BCUT2D eigenvalue weighted by Crippen LogP contribution is -2.15. The molecule has 22 heavy (non-hydrogen) atoms. The molecular weight excluding hydrogens is 323 g/mol. The zero-order chi connectivity index (χ0) is 16.3. The van der Waals surface area contributed by atoms with Crippen molar-refractivity contribution >= 4 is 23.2 Å². The highest BCUT2D eigenvalue weighted by Gasteiger charge is 2.32. The van der Waals surface area contributed by atoms with Gasteiger partial charge >= 0.3 is 6.18 Å². The van der Waals surface area contributed by atoms with Crippen molar-refractivity contribution in [2.24, 2.45) is 0 Å². The number of carbonyl (C=O) groups excluding carboxylic acids is 1. The summed E-state index contributed by atoms with van der Waals surface area (Å²) in [6.45, 7) is 0. The van der Waals surface area contributed by atoms with Gasteiger partial charge in [0.15, 0.2) is 0 Å². The van der Waals surface area contributed by atoms with Gasteiger partial charge in [0.2, 0.25) is 5.88 Å². The minimum absolute atomic E-state index is 0.242. The first kappa shape index (κ1) is 16.0. The van der Waals surface area contributed by atoms with Crippen molar-refractivity contribution < 1.29 is 22.7 Å². The molecule has 0 aromatic carbocycles. The molecule has 0 unspecified atom stereocenters. The van der Waals surface area contributed by atoms with Crippen molar-refractivity contribution in [2.45, 2.75) is 6.18 Å². The number of nitrogens with one attached hydrogen (secondary N) is 1. The predicted molar refractivity (Wildman–Crippen MR) is 73.0 cm³/mol. The Morgan fingerprint density at radius 1 is 1.32 bits per heavy atom. The van der Waals surface area contributed by atoms with Crippen molar-refractivity contribution in [3.63, 3.8) is 0 Å². The molecule has 2 aromatic rings. The molecule has 0 spiro atoms. The summed E-state index contributed by atoms with van der Waals surface area (Å²) in [5, 5.41) is 2.07. The quantitative estimate of drug-likeness (QED) is 0.875. The average Bonchev–Trinajstić information content (AvgIpc) is 2.46. The third-order valence-electron chi connectivity index (χ3n) is 2.61. The lowest BCUT2D eigenvalue weighted by atomic mass is 10.2. The van der Waals surface area contributed by atoms with Crippen LogP contribution in [0.4, 0.5) is 18.9 Å². The topological polar surface area (TPSA) is 64.1 Å². The normalized spacial score (nSPS) is 11.1. The van der Waals surface area contributed by atoms with Crippen molar-refractivity contribution in [3.05, 3.63) is 46.9 Å². The minimum Gasteiger partial charge on any atom is -0.481 e. The molecule has 9 heteroatoms. The fourth-order valence-corrected chi connectivity index (χ4v) is 1.75. The summed E-state index contributed by atoms with van der Waals surface area (Å²) in [6, 6.07) is 3.51. The Kier molecular flexibility index (Phi) is 4.51. The van der Waals surface area contributed by atoms with E-state index in [1.54, 1.807) is 0 Å². The van der Waals surface area contributed by atoms with Crippen LogP contribution in [0.5, 0.6) is 5.88 Å². The van der Waals surface area contributed by atoms with E-state index in [9.17, 15) is 18.0 Å². The second-order valence-electron chi connectivity index (χ2n) is 4.10. The van der Waals surface area contributed by atoms with Gasteiger partial charge in [0.05, 0.1) is 18.2 Å². The zero-order valence-corrected chi connectivity index (χ0v) is 11.9. The maximum Gasteiger partial charge on any atom is 0.417 e. The Labute approximate surface area is 128 Å². The van der Waals surface area contributed by atoms with Crippen LogP contribution in [0.1, 0.15) is 15.9 Å². The van der Waals surface area contributed by atoms with E-state index in [2.05, 4.69) is 15.3 Å². The van der Waals surface area contributed by atoms with Gasteiger partial charge in [-0.15, -0.1) is 0 Å². The number of amides is 1. The van der Waals surface area contributed by atoms with E-state index in [-0.39, 0.29) is 16.6 Å². The van der Waals surface area contributed by atoms with Crippen LogP contribution in [-0.2, 0) is 6.18 Å². The molecule has 0 atom stereocenters. The van der Waals surface area contributed by atoms with Gasteiger partial charge in [-0.25, -0.2) is 9.97 Å². The number of pyridine rings is 2. The molecule has 2 aromatic heterocycles. The van der Waals surface area contributed by atoms with E-state index < -0.39 is 17.6 Å². The van der Waals surface area contributed by atoms with Gasteiger partial charge in [0.1, 0.15) is 5.15 Å². The van der Waals surface area contributed by atoms with Gasteiger partial charge in [-0.1, -0.05) is 11.6 Å². The number of rotatable bonds is 3. The molecular formula is C13H9ClF3N3O2. The number of aromatic nitrogens is 2. The summed E-state index contributed by atoms with van der Waals surface area (Å²) in [4.78, 5) is 19.3. The van der Waals surface area contributed by atoms with Crippen LogP contribution in [0.2, 0.25) is 5.15 Å². The number of alkyl halides is 3. The molecule has 0 aliphatic heterocycles. The second-order valence-corrected chi connectivity index (χ2v) is 4.46. The molecule has 0 aliphatic rings. The first-order chi connectivity index (χ1) is 10.3. The highest BCUT2D eigenvalue weighted by atomic mass is 35.5. The summed E-state index contributed by atoms with van der Waals surface area (Å²) >= 11 is 5.69. The Morgan fingerprint density at radius 3 is 2.68 bits per heavy atom. The number of carbonyl (C=O) groups is 1. The maximum atomic E-state index is 12.6. The number of halogens is 4. The summed E-state index contributed by atoms with van der Waals surface area (Å²) in [5.74, 6) is -0.581. The van der Waals surface area contributed by atoms with E-state index in [1.165, 1.54) is 25.4 Å². The van der Waals surface area contributed by atoms with E-state index in [4.69, 9.17) is 16.3 Å². The van der Waals surface area contributed by atoms with Crippen molar-refractivity contribution in [2.75, 3.05) is 12.4 Å². The second kappa shape index (κ2) is 6.18. The molecule has 1 N–H and O–H groups in total. The summed E-state index contributed by atoms with van der Waals surface area (Å²) in [7, 11) is 1.39. The highest BCUT2D eigenvalue weighted by molar-refractivity contribution is 6.33. The van der Waals surface area contributed by atoms with Crippen molar-refractivity contribution in [3.8, 4) is 5.88 Å². The molecule has 2 heterocycles. The maximum absolute atomic E-state index is 12.6. The molecule has 0 saturated heterocycles. The molecule has 0 aliphatic carbocycles. The molecule has 0 radical (unpaired) electrons. The Bertz CT molecular complexity index is 707. The monoisotopic (exact) mass is 331 g/mol. The highest BCUT2D eigenvalue weighted by Crippen LogP contribution is 2.30. The zero-order valence-electron chi connectivity index (χ0n) is 11.1. The number of methoxy groups -OCH3 is 1. The number of anilines is 1. The van der Waals surface area contributed by atoms with Crippen LogP contribution in [0.15, 0.2) is 30.6 Å². The third-order valence-corrected chi connectivity index (χ3v) is 2.91. The summed E-state index contributed by atoms with van der Waals surface area (Å²) < 4.78 is 42.8. The minimum atomic E-state index is -4.62. The Balaban J connectivity index is 2.29. The van der Waals surface area contributed by atoms with Crippen LogP contribution >= 0.6 is 11.6 Å². The first-order valence-electron chi connectivity index (χ1n) is 5.85. The van der Waals surface area contributed by atoms with Gasteiger partial charge in [-0.2, -0.15) is 13.2 Å². The van der Waals surface area contributed by atoms with Gasteiger partial charge in [0, 0.05) is 24.1 Å². The van der Waals surface area contributed by atoms with E-state index in [0.29, 0.717) is 18.0 Å². The van der Waals surface area contributed by atoms with Crippen LogP contribution in [-0.4, -0.2) is 23.0 Å². The number of hydrogen-bond donors (Lipinski definition) is 1. The predicted octanol–water partition coefficient (Wildman–Crippen LogP) is 3.41. The fourth-order valence-electron chi connectivity index (χ4n) is 1.56. The smallest absolute Gasteiger partial charge is 0.417 e. The van der Waals surface area contributed by atoms with Crippen LogP contribution in [0.25, 0.3) is 0 Å². The lowest BCUT2D eigenvalue weighted by molar-refractivity contribution is -0.137. The molecule has 0 saturated carbocycles. The van der Waals surface area contributed by atoms with E-state index in [0.717, 1.165) is 0 Å². The largest absolute Gasteiger partial charge is 0.481 e. The summed E-state index contributed by atoms with van der Waals surface area (Å²) in [6.07, 6.45) is -2.68. The third kappa shape index (κ3) is 3.64. The molecule has 116 valence electrons. The van der Waals surface area contributed by atoms with E-state index >= 15 is 0 Å². The number of nitrogens with zero attached hydrogens (tertiary/aromatic N) is 2. The Morgan fingerprint density at radius 2 is 2.05 bits per heavy atom. The van der Waals surface area contributed by atoms with Crippen molar-refractivity contribution in [1.82, 2.24) is 9.97 Å². The van der Waals surface area contributed by atoms with Crippen LogP contribution < -0.4 is 10.1 Å². The average molecular weight is 332 g/mol. The molecule has 0 fully saturated rings. The molecule has 2 rings (SSSR count). The van der Waals surface area contributed by atoms with Crippen molar-refractivity contribution in [1.29, 1.82) is 0 Å². The first-order valence-corrected chi connectivity index (χ1v) is 6.23. The van der Waals surface area contributed by atoms with Gasteiger partial charge in [-0.3, -0.25) is 4.79 Å². The SMILES string of the molecule is COc1cc(NC(=O)c2cc(C(F)(F)F)cnc2Cl)ccn1. The number of hydrogen-bond acceptors (Lipinski definition) is 4. The van der Waals surface area contributed by atoms with Crippen LogP contribution in [0, 0.1) is 0 Å². The Hall–Kier alpha value is -2.35. The van der Waals surface area contributed by atoms with Gasteiger partial charge in [0.25, 0.3) is 5.91 Å². The standard InChI is InChI=1S/C13H9ClF3N3O2/c1-22-10-5-8(2-3-18-10)20-12(21)9-4-7(13(15,16)17)6-19-11(9)14/h2-6H,1H3,(H,18,20,21). The summed E-state index contributed by atoms with van der Waals surface area (Å²) in [5.41, 5.74) is -1.15. The fraction of sp³-hybridized carbons (Fsp3) is 0.154. The lowest BCUT2D eigenvalue weighted by Gasteiger charge is -2.10. The van der Waals surface area contributed by atoms with Gasteiger partial charge < -0.3 is 10.1 Å².